The number of benzene rings is 3. The maximum atomic E-state index is 13.8. The lowest BCUT2D eigenvalue weighted by molar-refractivity contribution is -0.132. The number of rotatable bonds is 5. The van der Waals surface area contributed by atoms with E-state index in [1.807, 2.05) is 59.5 Å². The Labute approximate surface area is 203 Å². The lowest BCUT2D eigenvalue weighted by atomic mass is 10.0. The zero-order valence-corrected chi connectivity index (χ0v) is 19.1. The number of likely N-dealkylation sites (tertiary alicyclic amines) is 1. The fraction of sp³-hybridized carbons (Fsp3) is 0.259. The Morgan fingerprint density at radius 2 is 1.74 bits per heavy atom. The van der Waals surface area contributed by atoms with Crippen LogP contribution in [0.5, 0.6) is 17.2 Å². The molecule has 1 fully saturated rings. The largest absolute Gasteiger partial charge is 0.483 e. The molecule has 178 valence electrons. The van der Waals surface area contributed by atoms with Crippen molar-refractivity contribution in [1.29, 1.82) is 0 Å². The summed E-state index contributed by atoms with van der Waals surface area (Å²) in [7, 11) is 0. The van der Waals surface area contributed by atoms with Crippen molar-refractivity contribution in [2.45, 2.75) is 19.0 Å². The summed E-state index contributed by atoms with van der Waals surface area (Å²) < 4.78 is 17.1. The zero-order chi connectivity index (χ0) is 23.8. The fourth-order valence-electron chi connectivity index (χ4n) is 4.81. The van der Waals surface area contributed by atoms with Crippen LogP contribution in [0.15, 0.2) is 66.7 Å². The van der Waals surface area contributed by atoms with Gasteiger partial charge in [-0.2, -0.15) is 0 Å². The third-order valence-electron chi connectivity index (χ3n) is 6.58. The third kappa shape index (κ3) is 3.90. The molecule has 6 rings (SSSR count). The molecule has 3 heterocycles. The number of amides is 2. The van der Waals surface area contributed by atoms with E-state index in [2.05, 4.69) is 5.32 Å². The molecule has 3 aromatic carbocycles. The molecule has 0 saturated carbocycles. The Hall–Kier alpha value is -4.20. The Bertz CT molecular complexity index is 1290. The monoisotopic (exact) mass is 471 g/mol. The Morgan fingerprint density at radius 3 is 2.63 bits per heavy atom. The molecule has 1 saturated heterocycles. The van der Waals surface area contributed by atoms with Gasteiger partial charge in [0.05, 0.1) is 11.3 Å². The molecule has 0 radical (unpaired) electrons. The van der Waals surface area contributed by atoms with Crippen LogP contribution in [0, 0.1) is 0 Å². The first-order valence-corrected chi connectivity index (χ1v) is 11.8. The molecule has 1 atom stereocenters. The van der Waals surface area contributed by atoms with Gasteiger partial charge in [-0.1, -0.05) is 30.3 Å². The molecule has 0 aromatic heterocycles. The van der Waals surface area contributed by atoms with Gasteiger partial charge in [-0.3, -0.25) is 14.5 Å². The van der Waals surface area contributed by atoms with Crippen LogP contribution in [0.4, 0.5) is 11.4 Å². The molecule has 3 aliphatic rings. The van der Waals surface area contributed by atoms with Crippen molar-refractivity contribution in [2.24, 2.45) is 0 Å². The molecule has 1 N–H and O–H groups in total. The Kier molecular flexibility index (Phi) is 5.41. The third-order valence-corrected chi connectivity index (χ3v) is 6.58. The quantitative estimate of drug-likeness (QED) is 0.601. The highest BCUT2D eigenvalue weighted by Crippen LogP contribution is 2.42. The summed E-state index contributed by atoms with van der Waals surface area (Å²) in [5, 5.41) is 3.50. The van der Waals surface area contributed by atoms with E-state index in [1.54, 1.807) is 17.0 Å². The van der Waals surface area contributed by atoms with E-state index in [-0.39, 0.29) is 25.2 Å². The summed E-state index contributed by atoms with van der Waals surface area (Å²) in [5.41, 5.74) is 2.72. The minimum absolute atomic E-state index is 0.0250. The van der Waals surface area contributed by atoms with Gasteiger partial charge in [-0.05, 0) is 43.2 Å². The standard InChI is InChI=1S/C27H25N3O5/c31-25(29-13-5-6-14-29)16-33-22-10-4-2-8-20(22)26-28-21-9-3-1-7-19(21)27(32)30(26)18-11-12-23-24(15-18)35-17-34-23/h1-4,7-12,15,26,28H,5-6,13-14,16-17H2/t26-/m1/s1. The molecule has 0 spiro atoms. The normalized spacial score (nSPS) is 18.3. The van der Waals surface area contributed by atoms with Gasteiger partial charge in [0.15, 0.2) is 18.1 Å². The van der Waals surface area contributed by atoms with Gasteiger partial charge in [-0.15, -0.1) is 0 Å². The second kappa shape index (κ2) is 8.87. The van der Waals surface area contributed by atoms with Gasteiger partial charge in [0.25, 0.3) is 11.8 Å². The van der Waals surface area contributed by atoms with Gasteiger partial charge >= 0.3 is 0 Å². The number of ether oxygens (including phenoxy) is 3. The van der Waals surface area contributed by atoms with Gasteiger partial charge < -0.3 is 24.4 Å². The summed E-state index contributed by atoms with van der Waals surface area (Å²) in [6.07, 6.45) is 1.50. The SMILES string of the molecule is O=C(COc1ccccc1[C@@H]1Nc2ccccc2C(=O)N1c1ccc2c(c1)OCO2)N1CCCC1. The van der Waals surface area contributed by atoms with Crippen molar-refractivity contribution in [3.05, 3.63) is 77.9 Å². The average molecular weight is 472 g/mol. The maximum absolute atomic E-state index is 13.8. The first-order chi connectivity index (χ1) is 17.2. The van der Waals surface area contributed by atoms with Crippen LogP contribution < -0.4 is 24.4 Å². The van der Waals surface area contributed by atoms with Crippen LogP contribution in [0.3, 0.4) is 0 Å². The molecule has 2 amide bonds. The smallest absolute Gasteiger partial charge is 0.262 e. The number of nitrogens with one attached hydrogen (secondary N) is 1. The van der Waals surface area contributed by atoms with Crippen LogP contribution >= 0.6 is 0 Å². The summed E-state index contributed by atoms with van der Waals surface area (Å²) in [6.45, 7) is 1.66. The van der Waals surface area contributed by atoms with Crippen molar-refractivity contribution >= 4 is 23.2 Å². The van der Waals surface area contributed by atoms with E-state index in [9.17, 15) is 9.59 Å². The highest BCUT2D eigenvalue weighted by atomic mass is 16.7. The van der Waals surface area contributed by atoms with Crippen molar-refractivity contribution < 1.29 is 23.8 Å². The second-order valence-corrected chi connectivity index (χ2v) is 8.72. The summed E-state index contributed by atoms with van der Waals surface area (Å²) in [6, 6.07) is 20.4. The Balaban J connectivity index is 1.37. The Morgan fingerprint density at radius 1 is 0.971 bits per heavy atom. The zero-order valence-electron chi connectivity index (χ0n) is 19.1. The van der Waals surface area contributed by atoms with Crippen LogP contribution in [-0.2, 0) is 4.79 Å². The van der Waals surface area contributed by atoms with Crippen molar-refractivity contribution in [3.63, 3.8) is 0 Å². The van der Waals surface area contributed by atoms with Gasteiger partial charge in [-0.25, -0.2) is 0 Å². The van der Waals surface area contributed by atoms with E-state index >= 15 is 0 Å². The topological polar surface area (TPSA) is 80.3 Å². The number of hydrogen-bond donors (Lipinski definition) is 1. The number of hydrogen-bond acceptors (Lipinski definition) is 6. The predicted octanol–water partition coefficient (Wildman–Crippen LogP) is 4.19. The molecule has 3 aliphatic heterocycles. The molecule has 35 heavy (non-hydrogen) atoms. The molecule has 3 aromatic rings. The summed E-state index contributed by atoms with van der Waals surface area (Å²) in [4.78, 5) is 29.9. The molecule has 8 heteroatoms. The second-order valence-electron chi connectivity index (χ2n) is 8.72. The van der Waals surface area contributed by atoms with Crippen LogP contribution in [0.1, 0.15) is 34.9 Å². The predicted molar refractivity (Wildman–Crippen MR) is 130 cm³/mol. The van der Waals surface area contributed by atoms with Crippen LogP contribution in [-0.4, -0.2) is 43.2 Å². The molecule has 0 aliphatic carbocycles. The molecular weight excluding hydrogens is 446 g/mol. The number of nitrogens with zero attached hydrogens (tertiary/aromatic N) is 2. The molecule has 8 nitrogen and oxygen atoms in total. The minimum Gasteiger partial charge on any atom is -0.483 e. The summed E-state index contributed by atoms with van der Waals surface area (Å²) >= 11 is 0. The number of para-hydroxylation sites is 2. The van der Waals surface area contributed by atoms with E-state index in [1.165, 1.54) is 0 Å². The fourth-order valence-corrected chi connectivity index (χ4v) is 4.81. The number of fused-ring (bicyclic) bond motifs is 2. The van der Waals surface area contributed by atoms with E-state index < -0.39 is 6.17 Å². The maximum Gasteiger partial charge on any atom is 0.262 e. The van der Waals surface area contributed by atoms with Crippen molar-refractivity contribution in [2.75, 3.05) is 36.7 Å². The van der Waals surface area contributed by atoms with Crippen LogP contribution in [0.25, 0.3) is 0 Å². The first kappa shape index (κ1) is 21.3. The number of anilines is 2. The van der Waals surface area contributed by atoms with E-state index in [4.69, 9.17) is 14.2 Å². The van der Waals surface area contributed by atoms with Gasteiger partial charge in [0.2, 0.25) is 6.79 Å². The van der Waals surface area contributed by atoms with E-state index in [0.29, 0.717) is 28.5 Å². The van der Waals surface area contributed by atoms with Gasteiger partial charge in [0, 0.05) is 30.4 Å². The lowest BCUT2D eigenvalue weighted by Crippen LogP contribution is -2.43. The van der Waals surface area contributed by atoms with Gasteiger partial charge in [0.1, 0.15) is 11.9 Å². The highest BCUT2D eigenvalue weighted by Gasteiger charge is 2.36. The first-order valence-electron chi connectivity index (χ1n) is 11.8. The molecular formula is C27H25N3O5. The minimum atomic E-state index is -0.559. The van der Waals surface area contributed by atoms with Crippen LogP contribution in [0.2, 0.25) is 0 Å². The number of carbonyl (C=O) groups is 2. The van der Waals surface area contributed by atoms with E-state index in [0.717, 1.165) is 37.2 Å². The lowest BCUT2D eigenvalue weighted by Gasteiger charge is -2.38. The number of carbonyl (C=O) groups excluding carboxylic acids is 2. The molecule has 0 unspecified atom stereocenters. The molecule has 0 bridgehead atoms. The highest BCUT2D eigenvalue weighted by molar-refractivity contribution is 6.12. The van der Waals surface area contributed by atoms with Crippen molar-refractivity contribution in [1.82, 2.24) is 4.90 Å². The van der Waals surface area contributed by atoms with Crippen molar-refractivity contribution in [3.8, 4) is 17.2 Å². The average Bonchev–Trinajstić information content (AvgIpc) is 3.59. The summed E-state index contributed by atoms with van der Waals surface area (Å²) in [5.74, 6) is 1.62.